The van der Waals surface area contributed by atoms with Crippen LogP contribution in [0.2, 0.25) is 0 Å². The molecule has 1 amide bonds. The van der Waals surface area contributed by atoms with Gasteiger partial charge in [-0.25, -0.2) is 0 Å². The molecule has 1 aromatic carbocycles. The third-order valence-electron chi connectivity index (χ3n) is 4.87. The molecular weight excluding hydrogens is 358 g/mol. The number of nitrogens with two attached hydrogens (primary N) is 1. The lowest BCUT2D eigenvalue weighted by atomic mass is 9.90. The molecule has 0 spiro atoms. The monoisotopic (exact) mass is 381 g/mol. The number of amides is 1. The molecule has 3 N–H and O–H groups in total. The first-order valence-electron chi connectivity index (χ1n) is 8.22. The SMILES string of the molecule is NC1(C(=O)NCC2CCN(c3ccc(Br)cc3)C2)CCOCC1. The Kier molecular flexibility index (Phi) is 5.24. The van der Waals surface area contributed by atoms with E-state index in [9.17, 15) is 4.79 Å². The number of hydrogen-bond donors (Lipinski definition) is 2. The molecule has 1 unspecified atom stereocenters. The lowest BCUT2D eigenvalue weighted by Gasteiger charge is -2.32. The molecule has 2 fully saturated rings. The lowest BCUT2D eigenvalue weighted by Crippen LogP contribution is -2.57. The van der Waals surface area contributed by atoms with Crippen LogP contribution in [0, 0.1) is 5.92 Å². The molecule has 2 saturated heterocycles. The van der Waals surface area contributed by atoms with E-state index < -0.39 is 5.54 Å². The van der Waals surface area contributed by atoms with Crippen molar-refractivity contribution in [3.63, 3.8) is 0 Å². The first-order chi connectivity index (χ1) is 11.1. The minimum Gasteiger partial charge on any atom is -0.381 e. The van der Waals surface area contributed by atoms with E-state index in [0.717, 1.165) is 24.0 Å². The molecule has 126 valence electrons. The van der Waals surface area contributed by atoms with Crippen LogP contribution in [0.25, 0.3) is 0 Å². The first-order valence-corrected chi connectivity index (χ1v) is 9.01. The Balaban J connectivity index is 1.48. The number of benzene rings is 1. The number of nitrogens with one attached hydrogen (secondary N) is 1. The Morgan fingerprint density at radius 2 is 2.04 bits per heavy atom. The second-order valence-electron chi connectivity index (χ2n) is 6.56. The van der Waals surface area contributed by atoms with Crippen molar-refractivity contribution in [1.29, 1.82) is 0 Å². The Morgan fingerprint density at radius 1 is 1.35 bits per heavy atom. The summed E-state index contributed by atoms with van der Waals surface area (Å²) in [4.78, 5) is 14.7. The second-order valence-corrected chi connectivity index (χ2v) is 7.47. The summed E-state index contributed by atoms with van der Waals surface area (Å²) in [6.07, 6.45) is 2.31. The quantitative estimate of drug-likeness (QED) is 0.835. The van der Waals surface area contributed by atoms with Crippen LogP contribution < -0.4 is 16.0 Å². The summed E-state index contributed by atoms with van der Waals surface area (Å²) in [5.74, 6) is 0.453. The number of nitrogens with zero attached hydrogens (tertiary/aromatic N) is 1. The molecule has 0 aromatic heterocycles. The number of anilines is 1. The summed E-state index contributed by atoms with van der Waals surface area (Å²) < 4.78 is 6.39. The molecule has 0 radical (unpaired) electrons. The fourth-order valence-corrected chi connectivity index (χ4v) is 3.53. The molecule has 1 atom stereocenters. The van der Waals surface area contributed by atoms with Crippen LogP contribution in [-0.4, -0.2) is 44.3 Å². The predicted octanol–water partition coefficient (Wildman–Crippen LogP) is 1.90. The van der Waals surface area contributed by atoms with Gasteiger partial charge >= 0.3 is 0 Å². The van der Waals surface area contributed by atoms with Crippen molar-refractivity contribution in [2.75, 3.05) is 37.7 Å². The molecule has 23 heavy (non-hydrogen) atoms. The molecule has 0 saturated carbocycles. The van der Waals surface area contributed by atoms with Crippen LogP contribution in [0.1, 0.15) is 19.3 Å². The Morgan fingerprint density at radius 3 is 2.74 bits per heavy atom. The Bertz CT molecular complexity index is 543. The number of halogens is 1. The maximum Gasteiger partial charge on any atom is 0.240 e. The van der Waals surface area contributed by atoms with Gasteiger partial charge in [-0.05, 0) is 49.4 Å². The minimum absolute atomic E-state index is 0.0251. The maximum absolute atomic E-state index is 12.4. The van der Waals surface area contributed by atoms with Gasteiger partial charge in [0.1, 0.15) is 0 Å². The third kappa shape index (κ3) is 4.05. The fraction of sp³-hybridized carbons (Fsp3) is 0.588. The Labute approximate surface area is 145 Å². The minimum atomic E-state index is -0.748. The van der Waals surface area contributed by atoms with Gasteiger partial charge in [0.25, 0.3) is 0 Å². The van der Waals surface area contributed by atoms with Crippen molar-refractivity contribution in [3.8, 4) is 0 Å². The van der Waals surface area contributed by atoms with Crippen molar-refractivity contribution in [2.24, 2.45) is 11.7 Å². The van der Waals surface area contributed by atoms with Crippen LogP contribution in [0.3, 0.4) is 0 Å². The van der Waals surface area contributed by atoms with E-state index >= 15 is 0 Å². The van der Waals surface area contributed by atoms with E-state index in [0.29, 0.717) is 38.5 Å². The standard InChI is InChI=1S/C17H24BrN3O2/c18-14-1-3-15(4-2-14)21-8-5-13(12-21)11-20-16(22)17(19)6-9-23-10-7-17/h1-4,13H,5-12,19H2,(H,20,22). The van der Waals surface area contributed by atoms with Gasteiger partial charge in [0, 0.05) is 43.0 Å². The van der Waals surface area contributed by atoms with E-state index in [1.54, 1.807) is 0 Å². The summed E-state index contributed by atoms with van der Waals surface area (Å²) in [6.45, 7) is 3.85. The maximum atomic E-state index is 12.4. The van der Waals surface area contributed by atoms with Gasteiger partial charge in [0.05, 0.1) is 5.54 Å². The van der Waals surface area contributed by atoms with Gasteiger partial charge in [-0.15, -0.1) is 0 Å². The molecule has 1 aromatic rings. The zero-order valence-corrected chi connectivity index (χ0v) is 14.8. The van der Waals surface area contributed by atoms with Crippen molar-refractivity contribution >= 4 is 27.5 Å². The lowest BCUT2D eigenvalue weighted by molar-refractivity contribution is -0.129. The largest absolute Gasteiger partial charge is 0.381 e. The summed E-state index contributed by atoms with van der Waals surface area (Å²) >= 11 is 3.46. The van der Waals surface area contributed by atoms with Gasteiger partial charge in [-0.3, -0.25) is 4.79 Å². The summed E-state index contributed by atoms with van der Waals surface area (Å²) in [6, 6.07) is 8.38. The third-order valence-corrected chi connectivity index (χ3v) is 5.39. The van der Waals surface area contributed by atoms with Crippen LogP contribution in [0.4, 0.5) is 5.69 Å². The van der Waals surface area contributed by atoms with Crippen LogP contribution >= 0.6 is 15.9 Å². The highest BCUT2D eigenvalue weighted by Crippen LogP contribution is 2.25. The zero-order chi connectivity index (χ0) is 16.3. The van der Waals surface area contributed by atoms with Crippen molar-refractivity contribution in [1.82, 2.24) is 5.32 Å². The molecule has 3 rings (SSSR count). The van der Waals surface area contributed by atoms with Gasteiger partial charge in [0.15, 0.2) is 0 Å². The van der Waals surface area contributed by atoms with Crippen LogP contribution in [-0.2, 0) is 9.53 Å². The molecule has 0 aliphatic carbocycles. The number of ether oxygens (including phenoxy) is 1. The highest BCUT2D eigenvalue weighted by atomic mass is 79.9. The van der Waals surface area contributed by atoms with E-state index in [1.165, 1.54) is 5.69 Å². The molecule has 2 aliphatic rings. The van der Waals surface area contributed by atoms with Crippen molar-refractivity contribution < 1.29 is 9.53 Å². The van der Waals surface area contributed by atoms with Crippen LogP contribution in [0.15, 0.2) is 28.7 Å². The molecule has 2 heterocycles. The van der Waals surface area contributed by atoms with Gasteiger partial charge in [-0.1, -0.05) is 15.9 Å². The zero-order valence-electron chi connectivity index (χ0n) is 13.3. The smallest absolute Gasteiger partial charge is 0.240 e. The average Bonchev–Trinajstić information content (AvgIpc) is 3.03. The van der Waals surface area contributed by atoms with Gasteiger partial charge in [-0.2, -0.15) is 0 Å². The molecule has 0 bridgehead atoms. The summed E-state index contributed by atoms with van der Waals surface area (Å²) in [5, 5.41) is 3.06. The highest BCUT2D eigenvalue weighted by molar-refractivity contribution is 9.10. The van der Waals surface area contributed by atoms with Crippen LogP contribution in [0.5, 0.6) is 0 Å². The predicted molar refractivity (Wildman–Crippen MR) is 94.4 cm³/mol. The molecular formula is C17H24BrN3O2. The number of rotatable bonds is 4. The Hall–Kier alpha value is -1.11. The average molecular weight is 382 g/mol. The van der Waals surface area contributed by atoms with E-state index in [-0.39, 0.29) is 5.91 Å². The normalized spacial score (nSPS) is 23.7. The van der Waals surface area contributed by atoms with E-state index in [1.807, 2.05) is 0 Å². The number of hydrogen-bond acceptors (Lipinski definition) is 4. The fourth-order valence-electron chi connectivity index (χ4n) is 3.26. The first kappa shape index (κ1) is 16.7. The second kappa shape index (κ2) is 7.20. The molecule has 5 nitrogen and oxygen atoms in total. The van der Waals surface area contributed by atoms with Gasteiger partial charge < -0.3 is 20.7 Å². The summed E-state index contributed by atoms with van der Waals surface area (Å²) in [5.41, 5.74) is 6.70. The highest BCUT2D eigenvalue weighted by Gasteiger charge is 2.36. The number of carbonyl (C=O) groups excluding carboxylic acids is 1. The topological polar surface area (TPSA) is 67.6 Å². The van der Waals surface area contributed by atoms with Gasteiger partial charge in [0.2, 0.25) is 5.91 Å². The molecule has 6 heteroatoms. The van der Waals surface area contributed by atoms with Crippen molar-refractivity contribution in [2.45, 2.75) is 24.8 Å². The number of carbonyl (C=O) groups is 1. The van der Waals surface area contributed by atoms with Crippen molar-refractivity contribution in [3.05, 3.63) is 28.7 Å². The summed E-state index contributed by atoms with van der Waals surface area (Å²) in [7, 11) is 0. The van der Waals surface area contributed by atoms with E-state index in [4.69, 9.17) is 10.5 Å². The molecule has 2 aliphatic heterocycles. The van der Waals surface area contributed by atoms with E-state index in [2.05, 4.69) is 50.4 Å².